The van der Waals surface area contributed by atoms with Crippen LogP contribution in [0.2, 0.25) is 0 Å². The van der Waals surface area contributed by atoms with E-state index in [1.54, 1.807) is 29.4 Å². The summed E-state index contributed by atoms with van der Waals surface area (Å²) in [5.74, 6) is 0.426. The molecule has 1 unspecified atom stereocenters. The van der Waals surface area contributed by atoms with Crippen molar-refractivity contribution in [2.24, 2.45) is 5.92 Å². The van der Waals surface area contributed by atoms with Gasteiger partial charge in [-0.3, -0.25) is 0 Å². The Morgan fingerprint density at radius 1 is 1.39 bits per heavy atom. The van der Waals surface area contributed by atoms with Crippen LogP contribution in [0.4, 0.5) is 5.69 Å². The van der Waals surface area contributed by atoms with E-state index in [4.69, 9.17) is 5.73 Å². The zero-order valence-corrected chi connectivity index (χ0v) is 11.7. The van der Waals surface area contributed by atoms with Crippen molar-refractivity contribution in [3.05, 3.63) is 23.8 Å². The fraction of sp³-hybridized carbons (Fsp3) is 0.538. The molecule has 1 aliphatic rings. The van der Waals surface area contributed by atoms with Gasteiger partial charge in [-0.15, -0.1) is 0 Å². The highest BCUT2D eigenvalue weighted by molar-refractivity contribution is 7.89. The van der Waals surface area contributed by atoms with Gasteiger partial charge in [-0.05, 0) is 43.4 Å². The van der Waals surface area contributed by atoms with Crippen LogP contribution in [-0.2, 0) is 10.0 Å². The van der Waals surface area contributed by atoms with Crippen molar-refractivity contribution in [2.75, 3.05) is 18.8 Å². The van der Waals surface area contributed by atoms with E-state index >= 15 is 0 Å². The molecule has 1 aromatic rings. The minimum Gasteiger partial charge on any atom is -0.398 e. The van der Waals surface area contributed by atoms with Gasteiger partial charge in [-0.1, -0.05) is 13.0 Å². The first-order valence-electron chi connectivity index (χ1n) is 6.28. The number of piperidine rings is 1. The van der Waals surface area contributed by atoms with Gasteiger partial charge in [0.25, 0.3) is 0 Å². The number of rotatable bonds is 2. The average molecular weight is 268 g/mol. The van der Waals surface area contributed by atoms with Crippen LogP contribution in [0.1, 0.15) is 25.3 Å². The Bertz CT molecular complexity index is 540. The molecule has 4 nitrogen and oxygen atoms in total. The van der Waals surface area contributed by atoms with Gasteiger partial charge in [-0.25, -0.2) is 8.42 Å². The SMILES string of the molecule is Cc1c(N)cccc1S(=O)(=O)N1CCCC(C)C1. The number of anilines is 1. The Morgan fingerprint density at radius 3 is 2.78 bits per heavy atom. The largest absolute Gasteiger partial charge is 0.398 e. The van der Waals surface area contributed by atoms with Crippen molar-refractivity contribution in [1.82, 2.24) is 4.31 Å². The van der Waals surface area contributed by atoms with Crippen molar-refractivity contribution in [3.63, 3.8) is 0 Å². The van der Waals surface area contributed by atoms with Gasteiger partial charge in [0.15, 0.2) is 0 Å². The molecule has 2 N–H and O–H groups in total. The lowest BCUT2D eigenvalue weighted by Gasteiger charge is -2.30. The molecule has 0 saturated carbocycles. The van der Waals surface area contributed by atoms with E-state index in [1.807, 2.05) is 0 Å². The summed E-state index contributed by atoms with van der Waals surface area (Å²) in [6.07, 6.45) is 2.03. The van der Waals surface area contributed by atoms with E-state index < -0.39 is 10.0 Å². The Morgan fingerprint density at radius 2 is 2.11 bits per heavy atom. The number of nitrogens with two attached hydrogens (primary N) is 1. The number of nitrogens with zero attached hydrogens (tertiary/aromatic N) is 1. The first kappa shape index (κ1) is 13.4. The molecule has 0 bridgehead atoms. The summed E-state index contributed by atoms with van der Waals surface area (Å²) < 4.78 is 26.7. The molecule has 1 fully saturated rings. The van der Waals surface area contributed by atoms with E-state index in [0.717, 1.165) is 12.8 Å². The topological polar surface area (TPSA) is 63.4 Å². The normalized spacial score (nSPS) is 22.0. The number of hydrogen-bond donors (Lipinski definition) is 1. The molecule has 1 aromatic carbocycles. The lowest BCUT2D eigenvalue weighted by atomic mass is 10.0. The molecule has 0 aliphatic carbocycles. The second kappa shape index (κ2) is 4.90. The number of benzene rings is 1. The molecule has 1 atom stereocenters. The highest BCUT2D eigenvalue weighted by atomic mass is 32.2. The summed E-state index contributed by atoms with van der Waals surface area (Å²) in [5.41, 5.74) is 6.97. The Balaban J connectivity index is 2.39. The van der Waals surface area contributed by atoms with Crippen molar-refractivity contribution in [3.8, 4) is 0 Å². The zero-order chi connectivity index (χ0) is 13.3. The van der Waals surface area contributed by atoms with E-state index in [9.17, 15) is 8.42 Å². The molecule has 2 rings (SSSR count). The van der Waals surface area contributed by atoms with Crippen LogP contribution in [0, 0.1) is 12.8 Å². The van der Waals surface area contributed by atoms with Crippen LogP contribution in [-0.4, -0.2) is 25.8 Å². The van der Waals surface area contributed by atoms with Crippen molar-refractivity contribution >= 4 is 15.7 Å². The number of sulfonamides is 1. The third kappa shape index (κ3) is 2.37. The highest BCUT2D eigenvalue weighted by Gasteiger charge is 2.29. The van der Waals surface area contributed by atoms with Gasteiger partial charge in [0.05, 0.1) is 4.90 Å². The summed E-state index contributed by atoms with van der Waals surface area (Å²) in [5, 5.41) is 0. The molecule has 1 aliphatic heterocycles. The summed E-state index contributed by atoms with van der Waals surface area (Å²) in [7, 11) is -3.39. The van der Waals surface area contributed by atoms with Crippen molar-refractivity contribution in [2.45, 2.75) is 31.6 Å². The number of nitrogen functional groups attached to an aromatic ring is 1. The molecule has 1 heterocycles. The molecular formula is C13H20N2O2S. The average Bonchev–Trinajstić information content (AvgIpc) is 2.32. The molecule has 0 aromatic heterocycles. The highest BCUT2D eigenvalue weighted by Crippen LogP contribution is 2.27. The minimum absolute atomic E-state index is 0.344. The van der Waals surface area contributed by atoms with Gasteiger partial charge in [0, 0.05) is 18.8 Å². The molecule has 100 valence electrons. The zero-order valence-electron chi connectivity index (χ0n) is 10.9. The maximum atomic E-state index is 12.6. The first-order valence-corrected chi connectivity index (χ1v) is 7.72. The van der Waals surface area contributed by atoms with E-state index in [-0.39, 0.29) is 0 Å². The van der Waals surface area contributed by atoms with Gasteiger partial charge in [0.1, 0.15) is 0 Å². The van der Waals surface area contributed by atoms with Crippen LogP contribution < -0.4 is 5.73 Å². The lowest BCUT2D eigenvalue weighted by Crippen LogP contribution is -2.39. The van der Waals surface area contributed by atoms with Crippen LogP contribution in [0.5, 0.6) is 0 Å². The molecular weight excluding hydrogens is 248 g/mol. The van der Waals surface area contributed by atoms with Crippen molar-refractivity contribution in [1.29, 1.82) is 0 Å². The molecule has 0 spiro atoms. The minimum atomic E-state index is -3.39. The third-order valence-corrected chi connectivity index (χ3v) is 5.57. The first-order chi connectivity index (χ1) is 8.43. The maximum Gasteiger partial charge on any atom is 0.243 e. The predicted octanol–water partition coefficient (Wildman–Crippen LogP) is 2.00. The van der Waals surface area contributed by atoms with Gasteiger partial charge in [0.2, 0.25) is 10.0 Å². The molecule has 1 saturated heterocycles. The molecule has 18 heavy (non-hydrogen) atoms. The molecule has 0 amide bonds. The summed E-state index contributed by atoms with van der Waals surface area (Å²) in [6, 6.07) is 5.07. The van der Waals surface area contributed by atoms with Gasteiger partial charge in [-0.2, -0.15) is 4.31 Å². The summed E-state index contributed by atoms with van der Waals surface area (Å²) in [4.78, 5) is 0.344. The smallest absolute Gasteiger partial charge is 0.243 e. The molecule has 0 radical (unpaired) electrons. The fourth-order valence-electron chi connectivity index (χ4n) is 2.41. The maximum absolute atomic E-state index is 12.6. The van der Waals surface area contributed by atoms with E-state index in [0.29, 0.717) is 35.2 Å². The fourth-order valence-corrected chi connectivity index (χ4v) is 4.27. The van der Waals surface area contributed by atoms with Crippen LogP contribution in [0.25, 0.3) is 0 Å². The Labute approximate surface area is 109 Å². The third-order valence-electron chi connectivity index (χ3n) is 3.56. The standard InChI is InChI=1S/C13H20N2O2S/c1-10-5-4-8-15(9-10)18(16,17)13-7-3-6-12(14)11(13)2/h3,6-7,10H,4-5,8-9,14H2,1-2H3. The molecule has 5 heteroatoms. The van der Waals surface area contributed by atoms with Gasteiger partial charge >= 0.3 is 0 Å². The Kier molecular flexibility index (Phi) is 3.64. The second-order valence-corrected chi connectivity index (χ2v) is 6.99. The monoisotopic (exact) mass is 268 g/mol. The van der Waals surface area contributed by atoms with Crippen molar-refractivity contribution < 1.29 is 8.42 Å². The summed E-state index contributed by atoms with van der Waals surface area (Å²) >= 11 is 0. The number of hydrogen-bond acceptors (Lipinski definition) is 3. The second-order valence-electron chi connectivity index (χ2n) is 5.08. The van der Waals surface area contributed by atoms with Crippen LogP contribution in [0.15, 0.2) is 23.1 Å². The van der Waals surface area contributed by atoms with Crippen LogP contribution in [0.3, 0.4) is 0 Å². The Hall–Kier alpha value is -1.07. The lowest BCUT2D eigenvalue weighted by molar-refractivity contribution is 0.281. The van der Waals surface area contributed by atoms with E-state index in [1.165, 1.54) is 0 Å². The van der Waals surface area contributed by atoms with Gasteiger partial charge < -0.3 is 5.73 Å². The predicted molar refractivity (Wildman–Crippen MR) is 72.7 cm³/mol. The van der Waals surface area contributed by atoms with Crippen LogP contribution >= 0.6 is 0 Å². The summed E-state index contributed by atoms with van der Waals surface area (Å²) in [6.45, 7) is 5.07. The van der Waals surface area contributed by atoms with E-state index in [2.05, 4.69) is 6.92 Å². The quantitative estimate of drug-likeness (QED) is 0.834.